The van der Waals surface area contributed by atoms with E-state index in [1.54, 1.807) is 0 Å². The van der Waals surface area contributed by atoms with Crippen molar-refractivity contribution < 1.29 is 4.79 Å². The molecule has 17 heavy (non-hydrogen) atoms. The molecular formula is C13H27N3O. The summed E-state index contributed by atoms with van der Waals surface area (Å²) in [4.78, 5) is 14.0. The van der Waals surface area contributed by atoms with E-state index in [1.165, 1.54) is 25.9 Å². The Morgan fingerprint density at radius 3 is 2.41 bits per heavy atom. The Bertz CT molecular complexity index is 242. The molecule has 0 aromatic rings. The molecule has 1 fully saturated rings. The van der Waals surface area contributed by atoms with E-state index in [0.29, 0.717) is 5.92 Å². The minimum Gasteiger partial charge on any atom is -0.338 e. The fraction of sp³-hybridized carbons (Fsp3) is 0.923. The lowest BCUT2D eigenvalue weighted by Crippen LogP contribution is -2.48. The highest BCUT2D eigenvalue weighted by Crippen LogP contribution is 2.09. The van der Waals surface area contributed by atoms with Gasteiger partial charge < -0.3 is 15.5 Å². The third kappa shape index (κ3) is 6.51. The van der Waals surface area contributed by atoms with Crippen molar-refractivity contribution in [2.45, 2.75) is 46.1 Å². The molecule has 0 saturated carbocycles. The summed E-state index contributed by atoms with van der Waals surface area (Å²) in [5, 5.41) is 5.84. The maximum Gasteiger partial charge on any atom is 0.315 e. The second-order valence-electron chi connectivity index (χ2n) is 6.20. The van der Waals surface area contributed by atoms with Crippen molar-refractivity contribution in [2.24, 2.45) is 5.92 Å². The Morgan fingerprint density at radius 2 is 1.88 bits per heavy atom. The van der Waals surface area contributed by atoms with Crippen LogP contribution < -0.4 is 10.6 Å². The maximum atomic E-state index is 11.6. The molecule has 0 radical (unpaired) electrons. The van der Waals surface area contributed by atoms with Gasteiger partial charge in [0, 0.05) is 18.6 Å². The Balaban J connectivity index is 2.14. The topological polar surface area (TPSA) is 44.4 Å². The van der Waals surface area contributed by atoms with E-state index in [4.69, 9.17) is 0 Å². The molecule has 1 rings (SSSR count). The Kier molecular flexibility index (Phi) is 5.25. The number of nitrogens with zero attached hydrogens (tertiary/aromatic N) is 1. The zero-order valence-electron chi connectivity index (χ0n) is 11.7. The van der Waals surface area contributed by atoms with Crippen molar-refractivity contribution in [2.75, 3.05) is 26.2 Å². The van der Waals surface area contributed by atoms with E-state index >= 15 is 0 Å². The first-order valence-electron chi connectivity index (χ1n) is 6.65. The number of urea groups is 1. The predicted molar refractivity (Wildman–Crippen MR) is 71.1 cm³/mol. The molecule has 1 unspecified atom stereocenters. The Hall–Kier alpha value is -0.770. The summed E-state index contributed by atoms with van der Waals surface area (Å²) in [7, 11) is 0. The molecule has 1 aliphatic rings. The molecule has 1 saturated heterocycles. The Labute approximate surface area is 105 Å². The van der Waals surface area contributed by atoms with E-state index in [2.05, 4.69) is 22.5 Å². The minimum atomic E-state index is -0.164. The lowest BCUT2D eigenvalue weighted by atomic mass is 10.1. The molecule has 4 heteroatoms. The molecule has 0 aliphatic carbocycles. The van der Waals surface area contributed by atoms with Gasteiger partial charge in [0.15, 0.2) is 0 Å². The molecule has 0 spiro atoms. The number of carbonyl (C=O) groups is 1. The van der Waals surface area contributed by atoms with Crippen LogP contribution in [0.15, 0.2) is 0 Å². The van der Waals surface area contributed by atoms with E-state index in [0.717, 1.165) is 13.1 Å². The standard InChI is InChI=1S/C13H27N3O/c1-11(10-16-7-5-6-8-16)9-14-12(17)15-13(2,3)4/h11H,5-10H2,1-4H3,(H2,14,15,17). The van der Waals surface area contributed by atoms with Crippen molar-refractivity contribution in [3.8, 4) is 0 Å². The smallest absolute Gasteiger partial charge is 0.315 e. The van der Waals surface area contributed by atoms with E-state index < -0.39 is 0 Å². The molecule has 2 amide bonds. The molecule has 2 N–H and O–H groups in total. The molecule has 0 aromatic heterocycles. The van der Waals surface area contributed by atoms with E-state index in [-0.39, 0.29) is 11.6 Å². The SMILES string of the molecule is CC(CNC(=O)NC(C)(C)C)CN1CCCC1. The van der Waals surface area contributed by atoms with Gasteiger partial charge in [-0.3, -0.25) is 0 Å². The van der Waals surface area contributed by atoms with Crippen LogP contribution in [-0.2, 0) is 0 Å². The first-order chi connectivity index (χ1) is 7.87. The largest absolute Gasteiger partial charge is 0.338 e. The quantitative estimate of drug-likeness (QED) is 0.788. The fourth-order valence-electron chi connectivity index (χ4n) is 2.12. The monoisotopic (exact) mass is 241 g/mol. The van der Waals surface area contributed by atoms with Gasteiger partial charge >= 0.3 is 6.03 Å². The summed E-state index contributed by atoms with van der Waals surface area (Å²) in [6.45, 7) is 12.4. The van der Waals surface area contributed by atoms with Gasteiger partial charge in [-0.25, -0.2) is 4.79 Å². The van der Waals surface area contributed by atoms with E-state index in [9.17, 15) is 4.79 Å². The zero-order valence-corrected chi connectivity index (χ0v) is 11.7. The lowest BCUT2D eigenvalue weighted by molar-refractivity contribution is 0.226. The summed E-state index contributed by atoms with van der Waals surface area (Å²) < 4.78 is 0. The van der Waals surface area contributed by atoms with Gasteiger partial charge in [-0.15, -0.1) is 0 Å². The zero-order chi connectivity index (χ0) is 12.9. The second-order valence-corrected chi connectivity index (χ2v) is 6.20. The number of carbonyl (C=O) groups excluding carboxylic acids is 1. The number of hydrogen-bond donors (Lipinski definition) is 2. The van der Waals surface area contributed by atoms with Crippen LogP contribution in [0.1, 0.15) is 40.5 Å². The van der Waals surface area contributed by atoms with Crippen molar-refractivity contribution in [1.82, 2.24) is 15.5 Å². The second kappa shape index (κ2) is 6.24. The lowest BCUT2D eigenvalue weighted by Gasteiger charge is -2.23. The van der Waals surface area contributed by atoms with Gasteiger partial charge in [-0.1, -0.05) is 6.92 Å². The van der Waals surface area contributed by atoms with Crippen LogP contribution in [0.4, 0.5) is 4.79 Å². The van der Waals surface area contributed by atoms with Crippen molar-refractivity contribution in [3.63, 3.8) is 0 Å². The molecule has 1 aliphatic heterocycles. The van der Waals surface area contributed by atoms with Gasteiger partial charge in [-0.2, -0.15) is 0 Å². The maximum absolute atomic E-state index is 11.6. The molecule has 4 nitrogen and oxygen atoms in total. The predicted octanol–water partition coefficient (Wildman–Crippen LogP) is 1.82. The molecule has 100 valence electrons. The molecule has 1 heterocycles. The van der Waals surface area contributed by atoms with Gasteiger partial charge in [0.05, 0.1) is 0 Å². The van der Waals surface area contributed by atoms with Gasteiger partial charge in [-0.05, 0) is 52.6 Å². The average molecular weight is 241 g/mol. The summed E-state index contributed by atoms with van der Waals surface area (Å²) in [6.07, 6.45) is 2.65. The third-order valence-corrected chi connectivity index (χ3v) is 2.87. The summed E-state index contributed by atoms with van der Waals surface area (Å²) >= 11 is 0. The van der Waals surface area contributed by atoms with Gasteiger partial charge in [0.25, 0.3) is 0 Å². The Morgan fingerprint density at radius 1 is 1.29 bits per heavy atom. The number of rotatable bonds is 4. The molecule has 0 bridgehead atoms. The molecule has 1 atom stereocenters. The highest BCUT2D eigenvalue weighted by Gasteiger charge is 2.16. The van der Waals surface area contributed by atoms with Crippen molar-refractivity contribution in [3.05, 3.63) is 0 Å². The average Bonchev–Trinajstić information content (AvgIpc) is 2.64. The van der Waals surface area contributed by atoms with Gasteiger partial charge in [0.1, 0.15) is 0 Å². The normalized spacial score (nSPS) is 19.1. The molecule has 0 aromatic carbocycles. The van der Waals surface area contributed by atoms with Crippen LogP contribution in [0.2, 0.25) is 0 Å². The van der Waals surface area contributed by atoms with Crippen LogP contribution in [0.25, 0.3) is 0 Å². The first kappa shape index (κ1) is 14.3. The number of hydrogen-bond acceptors (Lipinski definition) is 2. The van der Waals surface area contributed by atoms with E-state index in [1.807, 2.05) is 20.8 Å². The number of nitrogens with one attached hydrogen (secondary N) is 2. The number of likely N-dealkylation sites (tertiary alicyclic amines) is 1. The summed E-state index contributed by atoms with van der Waals surface area (Å²) in [5.74, 6) is 0.513. The molecular weight excluding hydrogens is 214 g/mol. The number of amides is 2. The van der Waals surface area contributed by atoms with Crippen LogP contribution in [0.3, 0.4) is 0 Å². The van der Waals surface area contributed by atoms with Crippen molar-refractivity contribution >= 4 is 6.03 Å². The van der Waals surface area contributed by atoms with Crippen LogP contribution in [0.5, 0.6) is 0 Å². The highest BCUT2D eigenvalue weighted by atomic mass is 16.2. The van der Waals surface area contributed by atoms with Crippen LogP contribution in [-0.4, -0.2) is 42.6 Å². The highest BCUT2D eigenvalue weighted by molar-refractivity contribution is 5.74. The fourth-order valence-corrected chi connectivity index (χ4v) is 2.12. The summed E-state index contributed by atoms with van der Waals surface area (Å²) in [6, 6.07) is -0.0641. The summed E-state index contributed by atoms with van der Waals surface area (Å²) in [5.41, 5.74) is -0.164. The van der Waals surface area contributed by atoms with Crippen LogP contribution >= 0.6 is 0 Å². The van der Waals surface area contributed by atoms with Gasteiger partial charge in [0.2, 0.25) is 0 Å². The van der Waals surface area contributed by atoms with Crippen LogP contribution in [0, 0.1) is 5.92 Å². The minimum absolute atomic E-state index is 0.0641. The first-order valence-corrected chi connectivity index (χ1v) is 6.65. The third-order valence-electron chi connectivity index (χ3n) is 2.87. The van der Waals surface area contributed by atoms with Crippen molar-refractivity contribution in [1.29, 1.82) is 0 Å².